The summed E-state index contributed by atoms with van der Waals surface area (Å²) >= 11 is 0. The van der Waals surface area contributed by atoms with E-state index in [0.29, 0.717) is 6.61 Å². The van der Waals surface area contributed by atoms with Crippen LogP contribution in [-0.4, -0.2) is 12.6 Å². The van der Waals surface area contributed by atoms with Gasteiger partial charge in [-0.25, -0.2) is 0 Å². The first-order valence-corrected chi connectivity index (χ1v) is 14.3. The second-order valence-electron chi connectivity index (χ2n) is 11.5. The SMILES string of the molecule is CCCCCCCC1(C2(C(=O)OCCC)CCCCC2)CCC(C2CCCCC2)CC1. The molecule has 0 spiro atoms. The molecule has 3 aliphatic carbocycles. The van der Waals surface area contributed by atoms with E-state index in [-0.39, 0.29) is 16.8 Å². The van der Waals surface area contributed by atoms with Gasteiger partial charge in [0.05, 0.1) is 12.0 Å². The van der Waals surface area contributed by atoms with Crippen LogP contribution in [-0.2, 0) is 9.53 Å². The Morgan fingerprint density at radius 1 is 0.710 bits per heavy atom. The molecule has 2 heteroatoms. The van der Waals surface area contributed by atoms with E-state index in [0.717, 1.165) is 31.1 Å². The summed E-state index contributed by atoms with van der Waals surface area (Å²) < 4.78 is 5.96. The van der Waals surface area contributed by atoms with Gasteiger partial charge in [0, 0.05) is 0 Å². The molecule has 3 rings (SSSR count). The second kappa shape index (κ2) is 12.6. The number of hydrogen-bond donors (Lipinski definition) is 0. The van der Waals surface area contributed by atoms with Crippen molar-refractivity contribution in [2.45, 2.75) is 149 Å². The molecule has 0 aromatic carbocycles. The van der Waals surface area contributed by atoms with E-state index in [1.54, 1.807) is 0 Å². The zero-order valence-electron chi connectivity index (χ0n) is 21.0. The average Bonchev–Trinajstić information content (AvgIpc) is 2.83. The third-order valence-corrected chi connectivity index (χ3v) is 9.61. The molecule has 3 aliphatic rings. The molecule has 0 atom stereocenters. The topological polar surface area (TPSA) is 26.3 Å². The highest BCUT2D eigenvalue weighted by atomic mass is 16.5. The van der Waals surface area contributed by atoms with E-state index >= 15 is 0 Å². The lowest BCUT2D eigenvalue weighted by atomic mass is 9.49. The molecule has 0 N–H and O–H groups in total. The summed E-state index contributed by atoms with van der Waals surface area (Å²) in [6.45, 7) is 5.03. The van der Waals surface area contributed by atoms with Gasteiger partial charge >= 0.3 is 5.97 Å². The Labute approximate surface area is 193 Å². The molecule has 0 heterocycles. The Morgan fingerprint density at radius 2 is 1.32 bits per heavy atom. The largest absolute Gasteiger partial charge is 0.465 e. The van der Waals surface area contributed by atoms with Gasteiger partial charge in [-0.3, -0.25) is 4.79 Å². The molecule has 0 aliphatic heterocycles. The van der Waals surface area contributed by atoms with Crippen LogP contribution in [0.5, 0.6) is 0 Å². The molecule has 0 bridgehead atoms. The van der Waals surface area contributed by atoms with Crippen molar-refractivity contribution >= 4 is 5.97 Å². The van der Waals surface area contributed by atoms with E-state index in [1.807, 2.05) is 0 Å². The normalized spacial score (nSPS) is 29.5. The molecule has 0 radical (unpaired) electrons. The Bertz CT molecular complexity index is 505. The number of carbonyl (C=O) groups excluding carboxylic acids is 1. The quantitative estimate of drug-likeness (QED) is 0.240. The molecule has 0 aromatic rings. The van der Waals surface area contributed by atoms with Crippen LogP contribution in [0, 0.1) is 22.7 Å². The molecule has 0 aromatic heterocycles. The summed E-state index contributed by atoms with van der Waals surface area (Å²) in [5.74, 6) is 2.10. The molecule has 0 amide bonds. The fourth-order valence-electron chi connectivity index (χ4n) is 7.74. The van der Waals surface area contributed by atoms with Gasteiger partial charge in [0.25, 0.3) is 0 Å². The first-order chi connectivity index (χ1) is 15.2. The fraction of sp³-hybridized carbons (Fsp3) is 0.966. The lowest BCUT2D eigenvalue weighted by Gasteiger charge is -2.55. The van der Waals surface area contributed by atoms with Crippen molar-refractivity contribution in [3.8, 4) is 0 Å². The van der Waals surface area contributed by atoms with Crippen LogP contribution < -0.4 is 0 Å². The number of unbranched alkanes of at least 4 members (excludes halogenated alkanes) is 4. The van der Waals surface area contributed by atoms with Gasteiger partial charge in [-0.1, -0.05) is 97.3 Å². The standard InChI is InChI=1S/C29H52O2/c1-3-5-6-7-12-19-28(22-17-26(18-23-28)25-15-10-8-11-16-25)29(20-13-9-14-21-29)27(30)31-24-4-2/h25-26H,3-24H2,1-2H3. The first-order valence-electron chi connectivity index (χ1n) is 14.3. The van der Waals surface area contributed by atoms with Crippen molar-refractivity contribution in [1.29, 1.82) is 0 Å². The zero-order chi connectivity index (χ0) is 22.0. The minimum atomic E-state index is -0.178. The Morgan fingerprint density at radius 3 is 1.97 bits per heavy atom. The second-order valence-corrected chi connectivity index (χ2v) is 11.5. The highest BCUT2D eigenvalue weighted by Crippen LogP contribution is 2.61. The third kappa shape index (κ3) is 6.08. The maximum absolute atomic E-state index is 13.7. The number of rotatable bonds is 11. The van der Waals surface area contributed by atoms with Crippen molar-refractivity contribution in [1.82, 2.24) is 0 Å². The summed E-state index contributed by atoms with van der Waals surface area (Å²) in [7, 11) is 0. The minimum absolute atomic E-state index is 0.178. The van der Waals surface area contributed by atoms with Gasteiger partial charge in [0.1, 0.15) is 0 Å². The molecule has 180 valence electrons. The summed E-state index contributed by atoms with van der Waals surface area (Å²) in [6.07, 6.45) is 27.5. The van der Waals surface area contributed by atoms with Gasteiger partial charge in [-0.15, -0.1) is 0 Å². The van der Waals surface area contributed by atoms with Crippen LogP contribution in [0.4, 0.5) is 0 Å². The summed E-state index contributed by atoms with van der Waals surface area (Å²) in [5, 5.41) is 0. The van der Waals surface area contributed by atoms with Gasteiger partial charge in [0.15, 0.2) is 0 Å². The van der Waals surface area contributed by atoms with Gasteiger partial charge < -0.3 is 4.74 Å². The summed E-state index contributed by atoms with van der Waals surface area (Å²) in [4.78, 5) is 13.7. The van der Waals surface area contributed by atoms with E-state index in [9.17, 15) is 4.79 Å². The molecule has 0 saturated heterocycles. The molecule has 3 saturated carbocycles. The predicted molar refractivity (Wildman–Crippen MR) is 131 cm³/mol. The van der Waals surface area contributed by atoms with Crippen LogP contribution in [0.25, 0.3) is 0 Å². The van der Waals surface area contributed by atoms with E-state index in [2.05, 4.69) is 13.8 Å². The van der Waals surface area contributed by atoms with Gasteiger partial charge in [-0.05, 0) is 68.6 Å². The smallest absolute Gasteiger partial charge is 0.312 e. The summed E-state index contributed by atoms with van der Waals surface area (Å²) in [5.41, 5.74) is 0.0400. The third-order valence-electron chi connectivity index (χ3n) is 9.61. The highest BCUT2D eigenvalue weighted by Gasteiger charge is 2.57. The predicted octanol–water partition coefficient (Wildman–Crippen LogP) is 9.01. The van der Waals surface area contributed by atoms with Crippen LogP contribution in [0.2, 0.25) is 0 Å². The summed E-state index contributed by atoms with van der Waals surface area (Å²) in [6, 6.07) is 0. The average molecular weight is 433 g/mol. The van der Waals surface area contributed by atoms with Crippen molar-refractivity contribution in [2.24, 2.45) is 22.7 Å². The number of ether oxygens (including phenoxy) is 1. The number of esters is 1. The van der Waals surface area contributed by atoms with Crippen molar-refractivity contribution in [2.75, 3.05) is 6.61 Å². The van der Waals surface area contributed by atoms with Crippen molar-refractivity contribution < 1.29 is 9.53 Å². The van der Waals surface area contributed by atoms with Crippen LogP contribution in [0.15, 0.2) is 0 Å². The zero-order valence-corrected chi connectivity index (χ0v) is 21.0. The first kappa shape index (κ1) is 25.1. The van der Waals surface area contributed by atoms with Crippen LogP contribution >= 0.6 is 0 Å². The van der Waals surface area contributed by atoms with E-state index < -0.39 is 0 Å². The van der Waals surface area contributed by atoms with Gasteiger partial charge in [0.2, 0.25) is 0 Å². The monoisotopic (exact) mass is 432 g/mol. The fourth-order valence-corrected chi connectivity index (χ4v) is 7.74. The van der Waals surface area contributed by atoms with E-state index in [1.165, 1.54) is 116 Å². The number of hydrogen-bond acceptors (Lipinski definition) is 2. The molecular weight excluding hydrogens is 380 g/mol. The maximum atomic E-state index is 13.7. The lowest BCUT2D eigenvalue weighted by Crippen LogP contribution is -2.52. The van der Waals surface area contributed by atoms with Crippen molar-refractivity contribution in [3.63, 3.8) is 0 Å². The Hall–Kier alpha value is -0.530. The Balaban J connectivity index is 1.76. The van der Waals surface area contributed by atoms with Crippen LogP contribution in [0.1, 0.15) is 149 Å². The number of carbonyl (C=O) groups is 1. The minimum Gasteiger partial charge on any atom is -0.465 e. The molecule has 2 nitrogen and oxygen atoms in total. The highest BCUT2D eigenvalue weighted by molar-refractivity contribution is 5.78. The van der Waals surface area contributed by atoms with Crippen molar-refractivity contribution in [3.05, 3.63) is 0 Å². The molecule has 3 fully saturated rings. The maximum Gasteiger partial charge on any atom is 0.312 e. The lowest BCUT2D eigenvalue weighted by molar-refractivity contribution is -0.175. The van der Waals surface area contributed by atoms with Crippen LogP contribution in [0.3, 0.4) is 0 Å². The van der Waals surface area contributed by atoms with Gasteiger partial charge in [-0.2, -0.15) is 0 Å². The molecule has 0 unspecified atom stereocenters. The van der Waals surface area contributed by atoms with E-state index in [4.69, 9.17) is 4.74 Å². The molecular formula is C29H52O2. The Kier molecular flexibility index (Phi) is 10.2. The molecule has 31 heavy (non-hydrogen) atoms.